The van der Waals surface area contributed by atoms with Gasteiger partial charge >= 0.3 is 0 Å². The average Bonchev–Trinajstić information content (AvgIpc) is 2.54. The van der Waals surface area contributed by atoms with Gasteiger partial charge in [0.2, 0.25) is 0 Å². The minimum absolute atomic E-state index is 0.00528. The second-order valence-corrected chi connectivity index (χ2v) is 6.68. The van der Waals surface area contributed by atoms with Crippen molar-refractivity contribution in [3.05, 3.63) is 60.2 Å². The van der Waals surface area contributed by atoms with Crippen LogP contribution in [0.1, 0.15) is 10.4 Å². The maximum absolute atomic E-state index is 12.4. The van der Waals surface area contributed by atoms with Gasteiger partial charge in [0.15, 0.2) is 0 Å². The lowest BCUT2D eigenvalue weighted by atomic mass is 10.1. The predicted octanol–water partition coefficient (Wildman–Crippen LogP) is 1.76. The fraction of sp³-hybridized carbons (Fsp3) is 0.125. The third-order valence-corrected chi connectivity index (χ3v) is 4.45. The Hall–Kier alpha value is -2.67. The SMILES string of the molecule is CN(C)C(=O)C(=O)c1ccccc1NS(=O)(=O)c1ccccc1. The number of carbonyl (C=O) groups is 2. The topological polar surface area (TPSA) is 83.6 Å². The predicted molar refractivity (Wildman–Crippen MR) is 86.7 cm³/mol. The van der Waals surface area contributed by atoms with Gasteiger partial charge in [-0.3, -0.25) is 14.3 Å². The molecule has 0 aliphatic carbocycles. The Bertz CT molecular complexity index is 830. The molecule has 0 aromatic heterocycles. The van der Waals surface area contributed by atoms with Crippen LogP contribution >= 0.6 is 0 Å². The van der Waals surface area contributed by atoms with Gasteiger partial charge in [0, 0.05) is 14.1 Å². The Morgan fingerprint density at radius 2 is 1.48 bits per heavy atom. The van der Waals surface area contributed by atoms with Crippen LogP contribution < -0.4 is 4.72 Å². The van der Waals surface area contributed by atoms with Gasteiger partial charge < -0.3 is 4.90 Å². The number of sulfonamides is 1. The van der Waals surface area contributed by atoms with E-state index in [1.807, 2.05) is 0 Å². The third-order valence-electron chi connectivity index (χ3n) is 3.07. The van der Waals surface area contributed by atoms with Crippen molar-refractivity contribution >= 4 is 27.4 Å². The van der Waals surface area contributed by atoms with Gasteiger partial charge in [0.1, 0.15) is 0 Å². The monoisotopic (exact) mass is 332 g/mol. The van der Waals surface area contributed by atoms with Crippen molar-refractivity contribution in [2.24, 2.45) is 0 Å². The van der Waals surface area contributed by atoms with Gasteiger partial charge in [-0.2, -0.15) is 0 Å². The molecule has 1 N–H and O–H groups in total. The maximum atomic E-state index is 12.4. The van der Waals surface area contributed by atoms with E-state index in [0.717, 1.165) is 4.90 Å². The smallest absolute Gasteiger partial charge is 0.294 e. The molecule has 2 aromatic carbocycles. The van der Waals surface area contributed by atoms with E-state index in [1.165, 1.54) is 38.4 Å². The highest BCUT2D eigenvalue weighted by molar-refractivity contribution is 7.92. The molecule has 2 aromatic rings. The number of ketones is 1. The number of Topliss-reactive ketones (excluding diaryl/α,β-unsaturated/α-hetero) is 1. The van der Waals surface area contributed by atoms with Crippen molar-refractivity contribution in [1.82, 2.24) is 4.90 Å². The Balaban J connectivity index is 2.39. The molecular formula is C16H16N2O4S. The quantitative estimate of drug-likeness (QED) is 0.668. The van der Waals surface area contributed by atoms with E-state index >= 15 is 0 Å². The van der Waals surface area contributed by atoms with Gasteiger partial charge in [-0.05, 0) is 24.3 Å². The first-order valence-corrected chi connectivity index (χ1v) is 8.24. The van der Waals surface area contributed by atoms with E-state index in [-0.39, 0.29) is 16.1 Å². The van der Waals surface area contributed by atoms with Crippen LogP contribution in [0.3, 0.4) is 0 Å². The molecule has 0 radical (unpaired) electrons. The van der Waals surface area contributed by atoms with Crippen LogP contribution in [0, 0.1) is 0 Å². The molecule has 2 rings (SSSR count). The number of likely N-dealkylation sites (N-methyl/N-ethyl adjacent to an activating group) is 1. The van der Waals surface area contributed by atoms with Crippen LogP contribution in [0.25, 0.3) is 0 Å². The maximum Gasteiger partial charge on any atom is 0.294 e. The largest absolute Gasteiger partial charge is 0.342 e. The normalized spacial score (nSPS) is 10.9. The molecule has 0 spiro atoms. The number of amides is 1. The molecule has 0 aliphatic rings. The fourth-order valence-electron chi connectivity index (χ4n) is 1.89. The standard InChI is InChI=1S/C16H16N2O4S/c1-18(2)16(20)15(19)13-10-6-7-11-14(13)17-23(21,22)12-8-4-3-5-9-12/h3-11,17H,1-2H3. The average molecular weight is 332 g/mol. The molecule has 0 fully saturated rings. The first-order valence-electron chi connectivity index (χ1n) is 6.76. The second-order valence-electron chi connectivity index (χ2n) is 4.99. The molecule has 0 heterocycles. The first kappa shape index (κ1) is 16.7. The number of para-hydroxylation sites is 1. The minimum atomic E-state index is -3.84. The van der Waals surface area contributed by atoms with Crippen LogP contribution in [-0.4, -0.2) is 39.1 Å². The number of nitrogens with one attached hydrogen (secondary N) is 1. The van der Waals surface area contributed by atoms with Gasteiger partial charge in [-0.25, -0.2) is 8.42 Å². The van der Waals surface area contributed by atoms with E-state index in [4.69, 9.17) is 0 Å². The lowest BCUT2D eigenvalue weighted by Gasteiger charge is -2.13. The van der Waals surface area contributed by atoms with Crippen molar-refractivity contribution in [3.8, 4) is 0 Å². The number of hydrogen-bond acceptors (Lipinski definition) is 4. The Morgan fingerprint density at radius 1 is 0.913 bits per heavy atom. The van der Waals surface area contributed by atoms with Crippen molar-refractivity contribution in [3.63, 3.8) is 0 Å². The van der Waals surface area contributed by atoms with Gasteiger partial charge in [0.25, 0.3) is 21.7 Å². The summed E-state index contributed by atoms with van der Waals surface area (Å²) in [6.07, 6.45) is 0. The van der Waals surface area contributed by atoms with Crippen LogP contribution in [0.4, 0.5) is 5.69 Å². The first-order chi connectivity index (χ1) is 10.8. The highest BCUT2D eigenvalue weighted by atomic mass is 32.2. The summed E-state index contributed by atoms with van der Waals surface area (Å²) in [5, 5.41) is 0. The van der Waals surface area contributed by atoms with Crippen LogP contribution in [-0.2, 0) is 14.8 Å². The molecular weight excluding hydrogens is 316 g/mol. The molecule has 0 aliphatic heterocycles. The van der Waals surface area contributed by atoms with Gasteiger partial charge in [0.05, 0.1) is 16.1 Å². The number of nitrogens with zero attached hydrogens (tertiary/aromatic N) is 1. The summed E-state index contributed by atoms with van der Waals surface area (Å²) in [7, 11) is -0.932. The lowest BCUT2D eigenvalue weighted by molar-refractivity contribution is -0.124. The van der Waals surface area contributed by atoms with E-state index in [9.17, 15) is 18.0 Å². The lowest BCUT2D eigenvalue weighted by Crippen LogP contribution is -2.30. The third kappa shape index (κ3) is 3.75. The molecule has 7 heteroatoms. The highest BCUT2D eigenvalue weighted by Crippen LogP contribution is 2.21. The molecule has 120 valence electrons. The molecule has 0 bridgehead atoms. The molecule has 1 amide bonds. The van der Waals surface area contributed by atoms with E-state index in [1.54, 1.807) is 30.3 Å². The zero-order valence-electron chi connectivity index (χ0n) is 12.7. The number of hydrogen-bond donors (Lipinski definition) is 1. The molecule has 0 atom stereocenters. The fourth-order valence-corrected chi connectivity index (χ4v) is 2.99. The van der Waals surface area contributed by atoms with Crippen molar-refractivity contribution in [2.75, 3.05) is 18.8 Å². The Labute approximate surface area is 134 Å². The van der Waals surface area contributed by atoms with Gasteiger partial charge in [-0.15, -0.1) is 0 Å². The summed E-state index contributed by atoms with van der Waals surface area (Å²) in [6, 6.07) is 13.8. The van der Waals surface area contributed by atoms with E-state index in [2.05, 4.69) is 4.72 Å². The summed E-state index contributed by atoms with van der Waals surface area (Å²) >= 11 is 0. The summed E-state index contributed by atoms with van der Waals surface area (Å²) in [6.45, 7) is 0. The minimum Gasteiger partial charge on any atom is -0.342 e. The summed E-state index contributed by atoms with van der Waals surface area (Å²) in [5.74, 6) is -1.50. The summed E-state index contributed by atoms with van der Waals surface area (Å²) in [5.41, 5.74) is 0.0715. The molecule has 0 saturated heterocycles. The zero-order chi connectivity index (χ0) is 17.0. The number of rotatable bonds is 5. The summed E-state index contributed by atoms with van der Waals surface area (Å²) in [4.78, 5) is 25.2. The Kier molecular flexibility index (Phi) is 4.80. The van der Waals surface area contributed by atoms with Crippen LogP contribution in [0.2, 0.25) is 0 Å². The molecule has 23 heavy (non-hydrogen) atoms. The number of benzene rings is 2. The second kappa shape index (κ2) is 6.62. The number of carbonyl (C=O) groups excluding carboxylic acids is 2. The van der Waals surface area contributed by atoms with Crippen molar-refractivity contribution in [2.45, 2.75) is 4.90 Å². The highest BCUT2D eigenvalue weighted by Gasteiger charge is 2.23. The molecule has 0 saturated carbocycles. The zero-order valence-corrected chi connectivity index (χ0v) is 13.5. The molecule has 0 unspecified atom stereocenters. The Morgan fingerprint density at radius 3 is 2.09 bits per heavy atom. The van der Waals surface area contributed by atoms with Crippen LogP contribution in [0.15, 0.2) is 59.5 Å². The number of anilines is 1. The van der Waals surface area contributed by atoms with E-state index < -0.39 is 21.7 Å². The van der Waals surface area contributed by atoms with Crippen molar-refractivity contribution < 1.29 is 18.0 Å². The molecule has 6 nitrogen and oxygen atoms in total. The van der Waals surface area contributed by atoms with Gasteiger partial charge in [-0.1, -0.05) is 30.3 Å². The van der Waals surface area contributed by atoms with Crippen molar-refractivity contribution in [1.29, 1.82) is 0 Å². The summed E-state index contributed by atoms with van der Waals surface area (Å²) < 4.78 is 27.1. The van der Waals surface area contributed by atoms with Crippen LogP contribution in [0.5, 0.6) is 0 Å². The van der Waals surface area contributed by atoms with E-state index in [0.29, 0.717) is 0 Å².